The van der Waals surface area contributed by atoms with Crippen molar-refractivity contribution in [2.45, 2.75) is 38.2 Å². The maximum absolute atomic E-state index is 9.14. The summed E-state index contributed by atoms with van der Waals surface area (Å²) in [4.78, 5) is 0. The van der Waals surface area contributed by atoms with Crippen LogP contribution in [0.5, 0.6) is 0 Å². The standard InChI is InChI=1S/C10H16N2O/c1-12-6-9(7-13)10(11-12)8-4-2-3-5-8/h6,8,13H,2-5,7H2,1H3. The molecule has 0 radical (unpaired) electrons. The van der Waals surface area contributed by atoms with E-state index < -0.39 is 0 Å². The van der Waals surface area contributed by atoms with Crippen LogP contribution >= 0.6 is 0 Å². The monoisotopic (exact) mass is 180 g/mol. The van der Waals surface area contributed by atoms with E-state index in [4.69, 9.17) is 5.11 Å². The van der Waals surface area contributed by atoms with E-state index in [2.05, 4.69) is 5.10 Å². The van der Waals surface area contributed by atoms with Crippen LogP contribution in [-0.4, -0.2) is 14.9 Å². The van der Waals surface area contributed by atoms with E-state index in [-0.39, 0.29) is 6.61 Å². The molecule has 1 aliphatic carbocycles. The van der Waals surface area contributed by atoms with Crippen LogP contribution in [0.3, 0.4) is 0 Å². The van der Waals surface area contributed by atoms with Gasteiger partial charge in [-0.25, -0.2) is 0 Å². The average molecular weight is 180 g/mol. The van der Waals surface area contributed by atoms with E-state index in [0.29, 0.717) is 5.92 Å². The van der Waals surface area contributed by atoms with Gasteiger partial charge in [0.2, 0.25) is 0 Å². The zero-order chi connectivity index (χ0) is 9.26. The number of hydrogen-bond donors (Lipinski definition) is 1. The van der Waals surface area contributed by atoms with Crippen LogP contribution in [0.2, 0.25) is 0 Å². The van der Waals surface area contributed by atoms with Gasteiger partial charge in [-0.05, 0) is 12.8 Å². The normalized spacial score (nSPS) is 18.3. The van der Waals surface area contributed by atoms with Gasteiger partial charge < -0.3 is 5.11 Å². The Labute approximate surface area is 78.4 Å². The highest BCUT2D eigenvalue weighted by Gasteiger charge is 2.22. The molecule has 0 aliphatic heterocycles. The molecule has 3 heteroatoms. The Hall–Kier alpha value is -0.830. The molecular formula is C10H16N2O. The van der Waals surface area contributed by atoms with Crippen LogP contribution in [0.4, 0.5) is 0 Å². The van der Waals surface area contributed by atoms with Gasteiger partial charge in [0.15, 0.2) is 0 Å². The summed E-state index contributed by atoms with van der Waals surface area (Å²) < 4.78 is 1.80. The van der Waals surface area contributed by atoms with E-state index in [1.165, 1.54) is 25.7 Å². The molecule has 1 aromatic heterocycles. The zero-order valence-electron chi connectivity index (χ0n) is 8.03. The molecule has 13 heavy (non-hydrogen) atoms. The van der Waals surface area contributed by atoms with Crippen molar-refractivity contribution in [3.63, 3.8) is 0 Å². The first-order valence-corrected chi connectivity index (χ1v) is 4.94. The molecule has 0 spiro atoms. The quantitative estimate of drug-likeness (QED) is 0.750. The molecule has 1 saturated carbocycles. The first-order valence-electron chi connectivity index (χ1n) is 4.94. The van der Waals surface area contributed by atoms with Crippen molar-refractivity contribution >= 4 is 0 Å². The highest BCUT2D eigenvalue weighted by Crippen LogP contribution is 2.34. The van der Waals surface area contributed by atoms with Gasteiger partial charge in [0.05, 0.1) is 12.3 Å². The molecule has 0 bridgehead atoms. The maximum atomic E-state index is 9.14. The summed E-state index contributed by atoms with van der Waals surface area (Å²) in [7, 11) is 1.91. The molecule has 2 rings (SSSR count). The van der Waals surface area contributed by atoms with Gasteiger partial charge in [-0.15, -0.1) is 0 Å². The minimum Gasteiger partial charge on any atom is -0.392 e. The number of rotatable bonds is 2. The fraction of sp³-hybridized carbons (Fsp3) is 0.700. The second-order valence-electron chi connectivity index (χ2n) is 3.85. The Morgan fingerprint density at radius 3 is 2.85 bits per heavy atom. The lowest BCUT2D eigenvalue weighted by molar-refractivity contribution is 0.280. The van der Waals surface area contributed by atoms with Crippen molar-refractivity contribution in [1.82, 2.24) is 9.78 Å². The predicted molar refractivity (Wildman–Crippen MR) is 50.3 cm³/mol. The maximum Gasteiger partial charge on any atom is 0.0715 e. The third kappa shape index (κ3) is 1.61. The first-order chi connectivity index (χ1) is 6.31. The minimum absolute atomic E-state index is 0.125. The fourth-order valence-electron chi connectivity index (χ4n) is 2.22. The number of aryl methyl sites for hydroxylation is 1. The highest BCUT2D eigenvalue weighted by molar-refractivity contribution is 5.21. The molecule has 1 fully saturated rings. The Bertz CT molecular complexity index is 287. The SMILES string of the molecule is Cn1cc(CO)c(C2CCCC2)n1. The van der Waals surface area contributed by atoms with Crippen molar-refractivity contribution in [3.05, 3.63) is 17.5 Å². The topological polar surface area (TPSA) is 38.0 Å². The first kappa shape index (κ1) is 8.75. The minimum atomic E-state index is 0.125. The lowest BCUT2D eigenvalue weighted by Gasteiger charge is -2.06. The van der Waals surface area contributed by atoms with Gasteiger partial charge in [-0.1, -0.05) is 12.8 Å². The summed E-state index contributed by atoms with van der Waals surface area (Å²) in [6.07, 6.45) is 7.03. The van der Waals surface area contributed by atoms with Crippen LogP contribution in [-0.2, 0) is 13.7 Å². The smallest absolute Gasteiger partial charge is 0.0715 e. The number of aromatic nitrogens is 2. The van der Waals surface area contributed by atoms with Crippen LogP contribution in [0.25, 0.3) is 0 Å². The van der Waals surface area contributed by atoms with E-state index in [1.54, 1.807) is 4.68 Å². The Morgan fingerprint density at radius 2 is 2.23 bits per heavy atom. The van der Waals surface area contributed by atoms with Gasteiger partial charge in [0.1, 0.15) is 0 Å². The third-order valence-electron chi connectivity index (χ3n) is 2.85. The molecule has 3 nitrogen and oxygen atoms in total. The molecule has 1 N–H and O–H groups in total. The molecule has 0 amide bonds. The van der Waals surface area contributed by atoms with E-state index in [1.807, 2.05) is 13.2 Å². The largest absolute Gasteiger partial charge is 0.392 e. The van der Waals surface area contributed by atoms with Crippen LogP contribution in [0.15, 0.2) is 6.20 Å². The second kappa shape index (κ2) is 3.50. The fourth-order valence-corrected chi connectivity index (χ4v) is 2.22. The molecule has 1 aromatic rings. The zero-order valence-corrected chi connectivity index (χ0v) is 8.03. The van der Waals surface area contributed by atoms with Crippen LogP contribution in [0, 0.1) is 0 Å². The number of aliphatic hydroxyl groups excluding tert-OH is 1. The lowest BCUT2D eigenvalue weighted by Crippen LogP contribution is -1.98. The average Bonchev–Trinajstić information content (AvgIpc) is 2.71. The van der Waals surface area contributed by atoms with E-state index >= 15 is 0 Å². The van der Waals surface area contributed by atoms with Crippen molar-refractivity contribution in [2.75, 3.05) is 0 Å². The Balaban J connectivity index is 2.26. The van der Waals surface area contributed by atoms with Crippen molar-refractivity contribution in [1.29, 1.82) is 0 Å². The molecule has 0 unspecified atom stereocenters. The molecular weight excluding hydrogens is 164 g/mol. The summed E-state index contributed by atoms with van der Waals surface area (Å²) in [6.45, 7) is 0.125. The van der Waals surface area contributed by atoms with Gasteiger partial charge in [-0.2, -0.15) is 5.10 Å². The molecule has 0 atom stereocenters. The highest BCUT2D eigenvalue weighted by atomic mass is 16.3. The number of nitrogens with zero attached hydrogens (tertiary/aromatic N) is 2. The van der Waals surface area contributed by atoms with E-state index in [9.17, 15) is 0 Å². The lowest BCUT2D eigenvalue weighted by atomic mass is 10.0. The molecule has 0 aromatic carbocycles. The molecule has 1 heterocycles. The van der Waals surface area contributed by atoms with Gasteiger partial charge in [-0.3, -0.25) is 4.68 Å². The predicted octanol–water partition coefficient (Wildman–Crippen LogP) is 1.57. The summed E-state index contributed by atoms with van der Waals surface area (Å²) in [5.74, 6) is 0.600. The van der Waals surface area contributed by atoms with Gasteiger partial charge in [0, 0.05) is 24.7 Å². The van der Waals surface area contributed by atoms with Crippen molar-refractivity contribution < 1.29 is 5.11 Å². The summed E-state index contributed by atoms with van der Waals surface area (Å²) in [5.41, 5.74) is 2.14. The Morgan fingerprint density at radius 1 is 1.54 bits per heavy atom. The summed E-state index contributed by atoms with van der Waals surface area (Å²) in [6, 6.07) is 0. The van der Waals surface area contributed by atoms with Crippen molar-refractivity contribution in [2.24, 2.45) is 7.05 Å². The number of aliphatic hydroxyl groups is 1. The van der Waals surface area contributed by atoms with E-state index in [0.717, 1.165) is 11.3 Å². The molecule has 1 aliphatic rings. The number of hydrogen-bond acceptors (Lipinski definition) is 2. The third-order valence-corrected chi connectivity index (χ3v) is 2.85. The molecule has 72 valence electrons. The van der Waals surface area contributed by atoms with Crippen molar-refractivity contribution in [3.8, 4) is 0 Å². The molecule has 0 saturated heterocycles. The van der Waals surface area contributed by atoms with Gasteiger partial charge in [0.25, 0.3) is 0 Å². The Kier molecular flexibility index (Phi) is 2.36. The second-order valence-corrected chi connectivity index (χ2v) is 3.85. The summed E-state index contributed by atoms with van der Waals surface area (Å²) >= 11 is 0. The van der Waals surface area contributed by atoms with Crippen LogP contribution in [0.1, 0.15) is 42.9 Å². The van der Waals surface area contributed by atoms with Gasteiger partial charge >= 0.3 is 0 Å². The summed E-state index contributed by atoms with van der Waals surface area (Å²) in [5, 5.41) is 13.6. The van der Waals surface area contributed by atoms with Crippen LogP contribution < -0.4 is 0 Å².